The molecular formula is C24H29NO2S. The van der Waals surface area contributed by atoms with Crippen LogP contribution in [0.15, 0.2) is 41.8 Å². The average Bonchev–Trinajstić information content (AvgIpc) is 3.22. The molecule has 2 aromatic rings. The van der Waals surface area contributed by atoms with E-state index < -0.39 is 0 Å². The zero-order chi connectivity index (χ0) is 19.4. The van der Waals surface area contributed by atoms with Gasteiger partial charge in [0.1, 0.15) is 5.75 Å². The van der Waals surface area contributed by atoms with E-state index in [9.17, 15) is 4.79 Å². The van der Waals surface area contributed by atoms with Crippen molar-refractivity contribution in [2.75, 3.05) is 7.11 Å². The van der Waals surface area contributed by atoms with Gasteiger partial charge in [-0.15, -0.1) is 11.3 Å². The van der Waals surface area contributed by atoms with Gasteiger partial charge >= 0.3 is 0 Å². The summed E-state index contributed by atoms with van der Waals surface area (Å²) in [4.78, 5) is 14.8. The van der Waals surface area contributed by atoms with Crippen LogP contribution in [-0.2, 0) is 10.2 Å². The van der Waals surface area contributed by atoms with Gasteiger partial charge in [0.05, 0.1) is 18.6 Å². The molecule has 1 heterocycles. The summed E-state index contributed by atoms with van der Waals surface area (Å²) in [5.41, 5.74) is 1.39. The maximum atomic E-state index is 13.5. The molecular weight excluding hydrogens is 366 g/mol. The summed E-state index contributed by atoms with van der Waals surface area (Å²) in [5, 5.41) is 5.46. The zero-order valence-electron chi connectivity index (χ0n) is 16.7. The number of rotatable bonds is 5. The number of amides is 1. The van der Waals surface area contributed by atoms with E-state index >= 15 is 0 Å². The molecule has 1 amide bonds. The number of carbonyl (C=O) groups is 1. The molecule has 1 aromatic heterocycles. The van der Waals surface area contributed by atoms with Crippen LogP contribution in [0.25, 0.3) is 0 Å². The molecule has 0 aliphatic heterocycles. The van der Waals surface area contributed by atoms with Crippen LogP contribution in [-0.4, -0.2) is 13.0 Å². The molecule has 148 valence electrons. The molecule has 0 saturated heterocycles. The van der Waals surface area contributed by atoms with Crippen LogP contribution in [0, 0.1) is 17.3 Å². The standard InChI is InChI=1S/C24H29NO2S/c1-16(21-4-3-9-28-21)25-22(26)24-13-17-10-18(14-24)12-23(11-17,15-24)19-5-7-20(27-2)8-6-19/h3-9,16-18H,10-15H2,1-2H3,(H,25,26). The highest BCUT2D eigenvalue weighted by Crippen LogP contribution is 2.65. The average molecular weight is 396 g/mol. The van der Waals surface area contributed by atoms with Gasteiger partial charge in [-0.2, -0.15) is 0 Å². The van der Waals surface area contributed by atoms with Crippen LogP contribution < -0.4 is 10.1 Å². The van der Waals surface area contributed by atoms with Crippen molar-refractivity contribution in [1.29, 1.82) is 0 Å². The number of carbonyl (C=O) groups excluding carboxylic acids is 1. The van der Waals surface area contributed by atoms with Gasteiger partial charge in [0.15, 0.2) is 0 Å². The number of benzene rings is 1. The number of nitrogens with one attached hydrogen (secondary N) is 1. The summed E-state index contributed by atoms with van der Waals surface area (Å²) >= 11 is 1.72. The number of thiophene rings is 1. The van der Waals surface area contributed by atoms with Crippen molar-refractivity contribution in [3.63, 3.8) is 0 Å². The normalized spacial score (nSPS) is 34.2. The Labute approximate surface area is 171 Å². The molecule has 4 saturated carbocycles. The molecule has 0 radical (unpaired) electrons. The zero-order valence-corrected chi connectivity index (χ0v) is 17.6. The lowest BCUT2D eigenvalue weighted by atomic mass is 9.42. The van der Waals surface area contributed by atoms with Gasteiger partial charge < -0.3 is 10.1 Å². The van der Waals surface area contributed by atoms with Crippen LogP contribution in [0.5, 0.6) is 5.75 Å². The van der Waals surface area contributed by atoms with E-state index in [-0.39, 0.29) is 16.9 Å². The lowest BCUT2D eigenvalue weighted by Crippen LogP contribution is -2.59. The Morgan fingerprint density at radius 2 is 1.86 bits per heavy atom. The second kappa shape index (κ2) is 6.62. The van der Waals surface area contributed by atoms with Crippen molar-refractivity contribution in [2.45, 2.75) is 56.9 Å². The van der Waals surface area contributed by atoms with Gasteiger partial charge in [-0.1, -0.05) is 18.2 Å². The van der Waals surface area contributed by atoms with Gasteiger partial charge in [-0.05, 0) is 91.8 Å². The fourth-order valence-corrected chi connectivity index (χ4v) is 7.50. The van der Waals surface area contributed by atoms with E-state index in [0.29, 0.717) is 17.7 Å². The lowest BCUT2D eigenvalue weighted by Gasteiger charge is -2.61. The summed E-state index contributed by atoms with van der Waals surface area (Å²) in [7, 11) is 1.72. The fraction of sp³-hybridized carbons (Fsp3) is 0.542. The first-order valence-electron chi connectivity index (χ1n) is 10.5. The van der Waals surface area contributed by atoms with Crippen molar-refractivity contribution in [3.8, 4) is 5.75 Å². The van der Waals surface area contributed by atoms with Gasteiger partial charge in [0.25, 0.3) is 0 Å². The Kier molecular flexibility index (Phi) is 4.31. The van der Waals surface area contributed by atoms with Crippen LogP contribution in [0.2, 0.25) is 0 Å². The van der Waals surface area contributed by atoms with E-state index in [0.717, 1.165) is 25.0 Å². The molecule has 4 bridgehead atoms. The second-order valence-corrected chi connectivity index (χ2v) is 10.4. The van der Waals surface area contributed by atoms with Gasteiger partial charge in [-0.25, -0.2) is 0 Å². The Morgan fingerprint density at radius 3 is 2.46 bits per heavy atom. The molecule has 1 N–H and O–H groups in total. The van der Waals surface area contributed by atoms with E-state index in [4.69, 9.17) is 4.74 Å². The first-order valence-corrected chi connectivity index (χ1v) is 11.4. The lowest BCUT2D eigenvalue weighted by molar-refractivity contribution is -0.149. The molecule has 4 fully saturated rings. The van der Waals surface area contributed by atoms with Crippen molar-refractivity contribution in [3.05, 3.63) is 52.2 Å². The predicted octanol–water partition coefficient (Wildman–Crippen LogP) is 5.47. The molecule has 6 rings (SSSR count). The molecule has 4 heteroatoms. The van der Waals surface area contributed by atoms with E-state index in [2.05, 4.69) is 54.0 Å². The van der Waals surface area contributed by atoms with Crippen molar-refractivity contribution in [1.82, 2.24) is 5.32 Å². The van der Waals surface area contributed by atoms with E-state index in [1.54, 1.807) is 18.4 Å². The molecule has 4 aliphatic carbocycles. The first kappa shape index (κ1) is 18.2. The maximum absolute atomic E-state index is 13.5. The minimum Gasteiger partial charge on any atom is -0.497 e. The summed E-state index contributed by atoms with van der Waals surface area (Å²) in [6.07, 6.45) is 6.95. The third kappa shape index (κ3) is 2.88. The van der Waals surface area contributed by atoms with Crippen molar-refractivity contribution < 1.29 is 9.53 Å². The Morgan fingerprint density at radius 1 is 1.14 bits per heavy atom. The Bertz CT molecular complexity index is 843. The number of methoxy groups -OCH3 is 1. The minimum atomic E-state index is -0.185. The summed E-state index contributed by atoms with van der Waals surface area (Å²) in [6.45, 7) is 2.11. The predicted molar refractivity (Wildman–Crippen MR) is 113 cm³/mol. The van der Waals surface area contributed by atoms with Crippen LogP contribution >= 0.6 is 11.3 Å². The Hall–Kier alpha value is -1.81. The molecule has 4 aliphatic rings. The highest BCUT2D eigenvalue weighted by atomic mass is 32.1. The highest BCUT2D eigenvalue weighted by Gasteiger charge is 2.61. The first-order chi connectivity index (χ1) is 13.5. The number of hydrogen-bond donors (Lipinski definition) is 1. The van der Waals surface area contributed by atoms with E-state index in [1.807, 2.05) is 0 Å². The van der Waals surface area contributed by atoms with Crippen LogP contribution in [0.3, 0.4) is 0 Å². The highest BCUT2D eigenvalue weighted by molar-refractivity contribution is 7.10. The van der Waals surface area contributed by atoms with Crippen molar-refractivity contribution in [2.24, 2.45) is 17.3 Å². The maximum Gasteiger partial charge on any atom is 0.226 e. The van der Waals surface area contributed by atoms with E-state index in [1.165, 1.54) is 29.7 Å². The largest absolute Gasteiger partial charge is 0.497 e. The second-order valence-electron chi connectivity index (χ2n) is 9.46. The third-order valence-electron chi connectivity index (χ3n) is 7.56. The fourth-order valence-electron chi connectivity index (χ4n) is 6.77. The molecule has 1 aromatic carbocycles. The van der Waals surface area contributed by atoms with Crippen LogP contribution in [0.4, 0.5) is 0 Å². The molecule has 0 spiro atoms. The quantitative estimate of drug-likeness (QED) is 0.729. The van der Waals surface area contributed by atoms with Gasteiger partial charge in [0.2, 0.25) is 5.91 Å². The third-order valence-corrected chi connectivity index (χ3v) is 8.62. The summed E-state index contributed by atoms with van der Waals surface area (Å²) < 4.78 is 5.36. The molecule has 28 heavy (non-hydrogen) atoms. The monoisotopic (exact) mass is 395 g/mol. The SMILES string of the molecule is COc1ccc(C23CC4CC(CC(C(=O)NC(C)c5cccs5)(C4)C2)C3)cc1. The molecule has 3 atom stereocenters. The Balaban J connectivity index is 1.43. The van der Waals surface area contributed by atoms with Crippen LogP contribution in [0.1, 0.15) is 61.9 Å². The minimum absolute atomic E-state index is 0.0949. The summed E-state index contributed by atoms with van der Waals surface area (Å²) in [6, 6.07) is 12.9. The number of ether oxygens (including phenoxy) is 1. The van der Waals surface area contributed by atoms with Crippen molar-refractivity contribution >= 4 is 17.2 Å². The smallest absolute Gasteiger partial charge is 0.226 e. The number of hydrogen-bond acceptors (Lipinski definition) is 3. The summed E-state index contributed by atoms with van der Waals surface area (Å²) in [5.74, 6) is 2.57. The van der Waals surface area contributed by atoms with Gasteiger partial charge in [0, 0.05) is 4.88 Å². The molecule has 3 nitrogen and oxygen atoms in total. The topological polar surface area (TPSA) is 38.3 Å². The van der Waals surface area contributed by atoms with Gasteiger partial charge in [-0.3, -0.25) is 4.79 Å². The molecule has 3 unspecified atom stereocenters.